The molecule has 5 rings (SSSR count). The Kier molecular flexibility index (Phi) is 5.37. The molecule has 0 saturated heterocycles. The smallest absolute Gasteiger partial charge is 0.341 e. The molecule has 1 aromatic carbocycles. The summed E-state index contributed by atoms with van der Waals surface area (Å²) in [6, 6.07) is 9.52. The summed E-state index contributed by atoms with van der Waals surface area (Å²) in [4.78, 5) is 23.8. The summed E-state index contributed by atoms with van der Waals surface area (Å²) in [5.74, 6) is 2.52. The highest BCUT2D eigenvalue weighted by molar-refractivity contribution is 5.93. The lowest BCUT2D eigenvalue weighted by molar-refractivity contribution is 0.0600. The minimum Gasteiger partial charge on any atom is -0.486 e. The molecule has 0 radical (unpaired) electrons. The summed E-state index contributed by atoms with van der Waals surface area (Å²) in [5, 5.41) is 4.38. The van der Waals surface area contributed by atoms with Crippen molar-refractivity contribution in [3.05, 3.63) is 54.0 Å². The van der Waals surface area contributed by atoms with E-state index in [1.54, 1.807) is 6.07 Å². The Morgan fingerprint density at radius 3 is 2.73 bits per heavy atom. The van der Waals surface area contributed by atoms with E-state index in [4.69, 9.17) is 18.6 Å². The van der Waals surface area contributed by atoms with Gasteiger partial charge in [-0.25, -0.2) is 14.8 Å². The Morgan fingerprint density at radius 2 is 1.94 bits per heavy atom. The standard InChI is InChI=1S/C24H24N4O5/c1-13(2)21(14-4-5-18-20(8-14)32-7-6-31-18)28-23-16-10-17(27-22(16)25-12-26-23)19-9-15(11-33-19)24(29)30-3/h4-5,8-13,21H,6-7H2,1-3H3,(H2,25,26,27,28)/t21-/m1/s1. The number of rotatable bonds is 6. The molecule has 33 heavy (non-hydrogen) atoms. The van der Waals surface area contributed by atoms with Crippen molar-refractivity contribution >= 4 is 22.8 Å². The Hall–Kier alpha value is -4.01. The van der Waals surface area contributed by atoms with E-state index in [-0.39, 0.29) is 12.0 Å². The fourth-order valence-corrected chi connectivity index (χ4v) is 3.93. The van der Waals surface area contributed by atoms with Gasteiger partial charge in [0, 0.05) is 6.07 Å². The first-order valence-corrected chi connectivity index (χ1v) is 10.7. The summed E-state index contributed by atoms with van der Waals surface area (Å²) < 4.78 is 21.7. The zero-order chi connectivity index (χ0) is 22.9. The van der Waals surface area contributed by atoms with Crippen molar-refractivity contribution in [2.24, 2.45) is 5.92 Å². The van der Waals surface area contributed by atoms with Crippen molar-refractivity contribution in [3.63, 3.8) is 0 Å². The predicted octanol–water partition coefficient (Wildman–Crippen LogP) is 4.58. The van der Waals surface area contributed by atoms with Crippen LogP contribution in [0.25, 0.3) is 22.5 Å². The van der Waals surface area contributed by atoms with Gasteiger partial charge in [0.15, 0.2) is 17.3 Å². The number of fused-ring (bicyclic) bond motifs is 2. The number of nitrogens with zero attached hydrogens (tertiary/aromatic N) is 2. The molecule has 0 fully saturated rings. The van der Waals surface area contributed by atoms with Gasteiger partial charge in [-0.2, -0.15) is 0 Å². The lowest BCUT2D eigenvalue weighted by atomic mass is 9.95. The number of carbonyl (C=O) groups is 1. The molecule has 0 aliphatic carbocycles. The number of anilines is 1. The summed E-state index contributed by atoms with van der Waals surface area (Å²) in [5.41, 5.74) is 2.76. The minimum absolute atomic E-state index is 0.0215. The topological polar surface area (TPSA) is 112 Å². The van der Waals surface area contributed by atoms with E-state index in [1.165, 1.54) is 19.7 Å². The van der Waals surface area contributed by atoms with Gasteiger partial charge in [-0.1, -0.05) is 19.9 Å². The first kappa shape index (κ1) is 20.9. The Morgan fingerprint density at radius 1 is 1.12 bits per heavy atom. The fourth-order valence-electron chi connectivity index (χ4n) is 3.93. The maximum Gasteiger partial charge on any atom is 0.341 e. The molecule has 4 aromatic rings. The molecule has 3 aromatic heterocycles. The van der Waals surface area contributed by atoms with E-state index < -0.39 is 5.97 Å². The van der Waals surface area contributed by atoms with Crippen LogP contribution in [0.5, 0.6) is 11.5 Å². The maximum atomic E-state index is 11.8. The number of furan rings is 1. The van der Waals surface area contributed by atoms with Gasteiger partial charge in [0.25, 0.3) is 0 Å². The molecule has 4 heterocycles. The van der Waals surface area contributed by atoms with E-state index in [2.05, 4.69) is 34.1 Å². The second-order valence-corrected chi connectivity index (χ2v) is 8.13. The quantitative estimate of drug-likeness (QED) is 0.412. The zero-order valence-corrected chi connectivity index (χ0v) is 18.5. The summed E-state index contributed by atoms with van der Waals surface area (Å²) in [6.07, 6.45) is 2.88. The molecule has 1 aliphatic rings. The summed E-state index contributed by atoms with van der Waals surface area (Å²) in [6.45, 7) is 5.39. The number of H-pyrrole nitrogens is 1. The van der Waals surface area contributed by atoms with Crippen molar-refractivity contribution in [1.29, 1.82) is 0 Å². The number of methoxy groups -OCH3 is 1. The van der Waals surface area contributed by atoms with Gasteiger partial charge in [0.05, 0.1) is 29.8 Å². The number of carbonyl (C=O) groups excluding carboxylic acids is 1. The first-order valence-electron chi connectivity index (χ1n) is 10.7. The minimum atomic E-state index is -0.456. The van der Waals surface area contributed by atoms with Crippen LogP contribution in [-0.2, 0) is 4.74 Å². The van der Waals surface area contributed by atoms with Crippen molar-refractivity contribution in [3.8, 4) is 23.0 Å². The van der Waals surface area contributed by atoms with Crippen LogP contribution in [0.15, 0.2) is 47.3 Å². The second kappa shape index (κ2) is 8.50. The molecular formula is C24H24N4O5. The van der Waals surface area contributed by atoms with Gasteiger partial charge >= 0.3 is 5.97 Å². The van der Waals surface area contributed by atoms with Crippen LogP contribution in [0.3, 0.4) is 0 Å². The number of aromatic amines is 1. The Bertz CT molecular complexity index is 1310. The molecule has 1 aliphatic heterocycles. The highest BCUT2D eigenvalue weighted by Gasteiger charge is 2.22. The van der Waals surface area contributed by atoms with Gasteiger partial charge in [-0.05, 0) is 29.7 Å². The molecular weight excluding hydrogens is 424 g/mol. The van der Waals surface area contributed by atoms with Gasteiger partial charge in [-0.3, -0.25) is 0 Å². The van der Waals surface area contributed by atoms with Gasteiger partial charge in [0.1, 0.15) is 37.3 Å². The van der Waals surface area contributed by atoms with Gasteiger partial charge < -0.3 is 28.9 Å². The SMILES string of the molecule is COC(=O)c1coc(-c2cc3c(N[C@@H](c4ccc5c(c4)OCCO5)C(C)C)ncnc3[nH]2)c1. The number of ether oxygens (including phenoxy) is 3. The molecule has 0 saturated carbocycles. The number of nitrogens with one attached hydrogen (secondary N) is 2. The Labute approximate surface area is 190 Å². The molecule has 0 bridgehead atoms. The largest absolute Gasteiger partial charge is 0.486 e. The number of aromatic nitrogens is 3. The van der Waals surface area contributed by atoms with Crippen LogP contribution < -0.4 is 14.8 Å². The van der Waals surface area contributed by atoms with Crippen molar-refractivity contribution in [2.75, 3.05) is 25.6 Å². The molecule has 170 valence electrons. The highest BCUT2D eigenvalue weighted by atomic mass is 16.6. The third kappa shape index (κ3) is 3.97. The van der Waals surface area contributed by atoms with Crippen molar-refractivity contribution in [2.45, 2.75) is 19.9 Å². The van der Waals surface area contributed by atoms with Crippen LogP contribution in [-0.4, -0.2) is 41.2 Å². The van der Waals surface area contributed by atoms with E-state index in [1.807, 2.05) is 24.3 Å². The van der Waals surface area contributed by atoms with Crippen LogP contribution in [0, 0.1) is 5.92 Å². The maximum absolute atomic E-state index is 11.8. The number of benzene rings is 1. The highest BCUT2D eigenvalue weighted by Crippen LogP contribution is 2.37. The Balaban J connectivity index is 1.47. The van der Waals surface area contributed by atoms with Crippen LogP contribution in [0.2, 0.25) is 0 Å². The molecule has 0 amide bonds. The first-order chi connectivity index (χ1) is 16.0. The van der Waals surface area contributed by atoms with Crippen LogP contribution in [0.4, 0.5) is 5.82 Å². The lowest BCUT2D eigenvalue weighted by Gasteiger charge is -2.26. The monoisotopic (exact) mass is 448 g/mol. The number of hydrogen-bond donors (Lipinski definition) is 2. The number of esters is 1. The molecule has 1 atom stereocenters. The van der Waals surface area contributed by atoms with Crippen molar-refractivity contribution < 1.29 is 23.4 Å². The fraction of sp³-hybridized carbons (Fsp3) is 0.292. The zero-order valence-electron chi connectivity index (χ0n) is 18.5. The molecule has 2 N–H and O–H groups in total. The molecule has 9 heteroatoms. The van der Waals surface area contributed by atoms with E-state index in [0.717, 1.165) is 22.4 Å². The van der Waals surface area contributed by atoms with E-state index >= 15 is 0 Å². The average Bonchev–Trinajstić information content (AvgIpc) is 3.49. The van der Waals surface area contributed by atoms with E-state index in [9.17, 15) is 4.79 Å². The third-order valence-corrected chi connectivity index (χ3v) is 5.60. The molecule has 0 spiro atoms. The number of hydrogen-bond acceptors (Lipinski definition) is 8. The molecule has 9 nitrogen and oxygen atoms in total. The lowest BCUT2D eigenvalue weighted by Crippen LogP contribution is -2.19. The summed E-state index contributed by atoms with van der Waals surface area (Å²) >= 11 is 0. The van der Waals surface area contributed by atoms with Crippen molar-refractivity contribution in [1.82, 2.24) is 15.0 Å². The molecule has 0 unspecified atom stereocenters. The summed E-state index contributed by atoms with van der Waals surface area (Å²) in [7, 11) is 1.33. The third-order valence-electron chi connectivity index (χ3n) is 5.60. The van der Waals surface area contributed by atoms with Gasteiger partial charge in [0.2, 0.25) is 0 Å². The second-order valence-electron chi connectivity index (χ2n) is 8.13. The average molecular weight is 448 g/mol. The van der Waals surface area contributed by atoms with Crippen LogP contribution >= 0.6 is 0 Å². The normalized spacial score (nSPS) is 13.8. The van der Waals surface area contributed by atoms with E-state index in [0.29, 0.717) is 41.7 Å². The van der Waals surface area contributed by atoms with Gasteiger partial charge in [-0.15, -0.1) is 0 Å². The van der Waals surface area contributed by atoms with Crippen LogP contribution in [0.1, 0.15) is 35.8 Å². The predicted molar refractivity (Wildman–Crippen MR) is 122 cm³/mol.